The Labute approximate surface area is 82.3 Å². The van der Waals surface area contributed by atoms with Crippen molar-refractivity contribution in [3.05, 3.63) is 11.7 Å². The van der Waals surface area contributed by atoms with Crippen molar-refractivity contribution >= 4 is 12.4 Å². The fraction of sp³-hybridized carbons (Fsp3) is 0.714. The van der Waals surface area contributed by atoms with Crippen molar-refractivity contribution in [1.82, 2.24) is 15.5 Å². The van der Waals surface area contributed by atoms with E-state index in [0.29, 0.717) is 18.3 Å². The van der Waals surface area contributed by atoms with Crippen LogP contribution >= 0.6 is 12.4 Å². The van der Waals surface area contributed by atoms with Crippen LogP contribution in [0.5, 0.6) is 0 Å². The maximum atomic E-state index is 5.26. The molecule has 0 spiro atoms. The Morgan fingerprint density at radius 1 is 1.54 bits per heavy atom. The third-order valence-electron chi connectivity index (χ3n) is 1.78. The average molecular weight is 206 g/mol. The van der Waals surface area contributed by atoms with E-state index in [4.69, 9.17) is 9.26 Å². The fourth-order valence-corrected chi connectivity index (χ4v) is 1.19. The molecule has 1 aromatic rings. The Hall–Kier alpha value is -0.650. The average Bonchev–Trinajstić information content (AvgIpc) is 2.54. The Morgan fingerprint density at radius 3 is 2.92 bits per heavy atom. The van der Waals surface area contributed by atoms with Crippen LogP contribution in [0, 0.1) is 6.92 Å². The van der Waals surface area contributed by atoms with E-state index in [1.165, 1.54) is 0 Å². The molecule has 0 radical (unpaired) electrons. The minimum Gasteiger partial charge on any atom is -0.378 e. The van der Waals surface area contributed by atoms with Crippen LogP contribution in [0.15, 0.2) is 4.52 Å². The van der Waals surface area contributed by atoms with Crippen molar-refractivity contribution in [3.63, 3.8) is 0 Å². The van der Waals surface area contributed by atoms with Crippen LogP contribution in [-0.4, -0.2) is 29.9 Å². The van der Waals surface area contributed by atoms with E-state index in [0.717, 1.165) is 13.2 Å². The van der Waals surface area contributed by atoms with Gasteiger partial charge < -0.3 is 14.6 Å². The summed E-state index contributed by atoms with van der Waals surface area (Å²) in [6.07, 6.45) is 0. The predicted molar refractivity (Wildman–Crippen MR) is 47.8 cm³/mol. The molecule has 1 saturated heterocycles. The lowest BCUT2D eigenvalue weighted by Crippen LogP contribution is -2.35. The van der Waals surface area contributed by atoms with E-state index in [9.17, 15) is 0 Å². The van der Waals surface area contributed by atoms with Gasteiger partial charge in [0.05, 0.1) is 19.3 Å². The van der Waals surface area contributed by atoms with E-state index in [1.807, 2.05) is 0 Å². The van der Waals surface area contributed by atoms with Crippen LogP contribution < -0.4 is 5.32 Å². The van der Waals surface area contributed by atoms with Gasteiger partial charge in [-0.15, -0.1) is 12.4 Å². The van der Waals surface area contributed by atoms with Gasteiger partial charge in [-0.2, -0.15) is 4.98 Å². The van der Waals surface area contributed by atoms with Gasteiger partial charge in [-0.1, -0.05) is 5.16 Å². The summed E-state index contributed by atoms with van der Waals surface area (Å²) in [6, 6.07) is 0.0937. The molecule has 6 heteroatoms. The van der Waals surface area contributed by atoms with Crippen LogP contribution in [-0.2, 0) is 4.74 Å². The zero-order valence-electron chi connectivity index (χ0n) is 7.32. The summed E-state index contributed by atoms with van der Waals surface area (Å²) in [5.41, 5.74) is 0. The zero-order valence-corrected chi connectivity index (χ0v) is 8.13. The Kier molecular flexibility index (Phi) is 3.65. The second-order valence-electron chi connectivity index (χ2n) is 2.75. The first-order chi connectivity index (χ1) is 5.86. The molecule has 0 saturated carbocycles. The molecular formula is C7H12ClN3O2. The molecule has 1 aliphatic heterocycles. The van der Waals surface area contributed by atoms with Crippen molar-refractivity contribution in [2.75, 3.05) is 19.8 Å². The molecular weight excluding hydrogens is 194 g/mol. The number of hydrogen-bond acceptors (Lipinski definition) is 5. The molecule has 1 atom stereocenters. The number of morpholine rings is 1. The maximum absolute atomic E-state index is 5.26. The number of aryl methyl sites for hydroxylation is 1. The smallest absolute Gasteiger partial charge is 0.223 e. The number of ether oxygens (including phenoxy) is 1. The minimum absolute atomic E-state index is 0. The van der Waals surface area contributed by atoms with Crippen molar-refractivity contribution in [3.8, 4) is 0 Å². The number of nitrogens with zero attached hydrogens (tertiary/aromatic N) is 2. The van der Waals surface area contributed by atoms with Gasteiger partial charge in [0.25, 0.3) is 0 Å². The number of halogens is 1. The summed E-state index contributed by atoms with van der Waals surface area (Å²) >= 11 is 0. The standard InChI is InChI=1S/C7H11N3O2.ClH/c1-5-9-7(10-12-5)6-4-11-3-2-8-6;/h6,8H,2-4H2,1H3;1H. The monoisotopic (exact) mass is 205 g/mol. The largest absolute Gasteiger partial charge is 0.378 e. The minimum atomic E-state index is 0. The van der Waals surface area contributed by atoms with Crippen LogP contribution in [0.25, 0.3) is 0 Å². The quantitative estimate of drug-likeness (QED) is 0.722. The second-order valence-corrected chi connectivity index (χ2v) is 2.75. The highest BCUT2D eigenvalue weighted by molar-refractivity contribution is 5.85. The lowest BCUT2D eigenvalue weighted by atomic mass is 10.3. The number of rotatable bonds is 1. The predicted octanol–water partition coefficient (Wildman–Crippen LogP) is 0.461. The van der Waals surface area contributed by atoms with E-state index in [2.05, 4.69) is 15.5 Å². The highest BCUT2D eigenvalue weighted by atomic mass is 35.5. The molecule has 0 amide bonds. The molecule has 1 unspecified atom stereocenters. The first-order valence-corrected chi connectivity index (χ1v) is 3.97. The lowest BCUT2D eigenvalue weighted by Gasteiger charge is -2.20. The molecule has 13 heavy (non-hydrogen) atoms. The molecule has 2 rings (SSSR count). The molecule has 1 fully saturated rings. The lowest BCUT2D eigenvalue weighted by molar-refractivity contribution is 0.0734. The molecule has 1 N–H and O–H groups in total. The van der Waals surface area contributed by atoms with Crippen LogP contribution in [0.1, 0.15) is 17.8 Å². The summed E-state index contributed by atoms with van der Waals surface area (Å²) in [6.45, 7) is 4.00. The Balaban J connectivity index is 0.000000845. The van der Waals surface area contributed by atoms with Crippen LogP contribution in [0.3, 0.4) is 0 Å². The molecule has 5 nitrogen and oxygen atoms in total. The van der Waals surface area contributed by atoms with Gasteiger partial charge in [-0.3, -0.25) is 0 Å². The summed E-state index contributed by atoms with van der Waals surface area (Å²) in [7, 11) is 0. The molecule has 1 aliphatic rings. The first kappa shape index (κ1) is 10.4. The zero-order chi connectivity index (χ0) is 8.39. The van der Waals surface area contributed by atoms with E-state index < -0.39 is 0 Å². The SMILES string of the molecule is Cc1nc(C2COCCN2)no1.Cl. The van der Waals surface area contributed by atoms with Gasteiger partial charge in [0.2, 0.25) is 5.89 Å². The van der Waals surface area contributed by atoms with E-state index in [-0.39, 0.29) is 18.4 Å². The van der Waals surface area contributed by atoms with Crippen molar-refractivity contribution in [2.24, 2.45) is 0 Å². The first-order valence-electron chi connectivity index (χ1n) is 3.97. The third-order valence-corrected chi connectivity index (χ3v) is 1.78. The second kappa shape index (κ2) is 4.55. The highest BCUT2D eigenvalue weighted by Gasteiger charge is 2.19. The topological polar surface area (TPSA) is 60.2 Å². The summed E-state index contributed by atoms with van der Waals surface area (Å²) < 4.78 is 10.1. The van der Waals surface area contributed by atoms with Gasteiger partial charge in [-0.25, -0.2) is 0 Å². The van der Waals surface area contributed by atoms with Gasteiger partial charge in [0, 0.05) is 13.5 Å². The highest BCUT2D eigenvalue weighted by Crippen LogP contribution is 2.11. The van der Waals surface area contributed by atoms with Crippen LogP contribution in [0.4, 0.5) is 0 Å². The molecule has 74 valence electrons. The van der Waals surface area contributed by atoms with Gasteiger partial charge in [0.1, 0.15) is 0 Å². The number of aromatic nitrogens is 2. The number of hydrogen-bond donors (Lipinski definition) is 1. The fourth-order valence-electron chi connectivity index (χ4n) is 1.19. The normalized spacial score (nSPS) is 22.4. The van der Waals surface area contributed by atoms with E-state index >= 15 is 0 Å². The summed E-state index contributed by atoms with van der Waals surface area (Å²) in [5, 5.41) is 7.05. The molecule has 0 aliphatic carbocycles. The summed E-state index contributed by atoms with van der Waals surface area (Å²) in [4.78, 5) is 4.11. The molecule has 1 aromatic heterocycles. The maximum Gasteiger partial charge on any atom is 0.223 e. The molecule has 0 bridgehead atoms. The Morgan fingerprint density at radius 2 is 2.38 bits per heavy atom. The van der Waals surface area contributed by atoms with Crippen molar-refractivity contribution in [1.29, 1.82) is 0 Å². The number of nitrogens with one attached hydrogen (secondary N) is 1. The third kappa shape index (κ3) is 2.40. The van der Waals surface area contributed by atoms with Crippen molar-refractivity contribution in [2.45, 2.75) is 13.0 Å². The van der Waals surface area contributed by atoms with E-state index in [1.54, 1.807) is 6.92 Å². The molecule has 2 heterocycles. The summed E-state index contributed by atoms with van der Waals surface area (Å²) in [5.74, 6) is 1.28. The van der Waals surface area contributed by atoms with Gasteiger partial charge in [0.15, 0.2) is 5.82 Å². The molecule has 0 aromatic carbocycles. The van der Waals surface area contributed by atoms with Gasteiger partial charge in [-0.05, 0) is 0 Å². The van der Waals surface area contributed by atoms with Gasteiger partial charge >= 0.3 is 0 Å². The Bertz CT molecular complexity index is 260. The van der Waals surface area contributed by atoms with Crippen molar-refractivity contribution < 1.29 is 9.26 Å². The van der Waals surface area contributed by atoms with Crippen LogP contribution in [0.2, 0.25) is 0 Å².